The number of carbonyl (C=O) groups is 2. The highest BCUT2D eigenvalue weighted by atomic mass is 16.6. The number of rotatable bonds is 3. The number of hydrogen-bond acceptors (Lipinski definition) is 6. The van der Waals surface area contributed by atoms with Gasteiger partial charge in [0.1, 0.15) is 5.60 Å². The molecule has 2 amide bonds. The Balaban J connectivity index is 1.83. The van der Waals surface area contributed by atoms with Crippen LogP contribution in [0.1, 0.15) is 12.5 Å². The predicted octanol–water partition coefficient (Wildman–Crippen LogP) is 1.10. The largest absolute Gasteiger partial charge is 0.393 e. The van der Waals surface area contributed by atoms with Gasteiger partial charge in [-0.2, -0.15) is 0 Å². The van der Waals surface area contributed by atoms with Crippen LogP contribution in [0, 0.1) is 28.9 Å². The lowest BCUT2D eigenvalue weighted by molar-refractivity contribution is -0.384. The quantitative estimate of drug-likeness (QED) is 0.380. The molecule has 8 nitrogen and oxygen atoms in total. The Labute approximate surface area is 142 Å². The molecule has 3 aliphatic rings. The van der Waals surface area contributed by atoms with Crippen LogP contribution in [-0.2, 0) is 14.3 Å². The number of nitro groups is 1. The molecule has 2 fully saturated rings. The van der Waals surface area contributed by atoms with Crippen molar-refractivity contribution in [2.24, 2.45) is 11.8 Å². The third-order valence-corrected chi connectivity index (χ3v) is 5.45. The Kier molecular flexibility index (Phi) is 3.02. The van der Waals surface area contributed by atoms with E-state index in [2.05, 4.69) is 0 Å². The van der Waals surface area contributed by atoms with Gasteiger partial charge in [0.2, 0.25) is 11.8 Å². The number of nitrogens with zero attached hydrogens (tertiary/aromatic N) is 2. The molecule has 0 unspecified atom stereocenters. The number of aryl methyl sites for hydroxylation is 1. The second kappa shape index (κ2) is 4.74. The Morgan fingerprint density at radius 3 is 2.60 bits per heavy atom. The Morgan fingerprint density at radius 1 is 1.28 bits per heavy atom. The highest BCUT2D eigenvalue weighted by molar-refractivity contribution is 6.24. The minimum atomic E-state index is -1.21. The molecule has 4 atom stereocenters. The molecule has 0 aliphatic carbocycles. The smallest absolute Gasteiger partial charge is 0.271 e. The lowest BCUT2D eigenvalue weighted by Crippen LogP contribution is -2.43. The fourth-order valence-electron chi connectivity index (χ4n) is 4.23. The van der Waals surface area contributed by atoms with Crippen molar-refractivity contribution >= 4 is 23.2 Å². The van der Waals surface area contributed by atoms with E-state index in [0.29, 0.717) is 5.56 Å². The third kappa shape index (κ3) is 1.83. The van der Waals surface area contributed by atoms with E-state index in [9.17, 15) is 24.8 Å². The number of fused-ring (bicyclic) bond motifs is 5. The van der Waals surface area contributed by atoms with Crippen LogP contribution in [0.5, 0.6) is 0 Å². The molecule has 1 N–H and O–H groups in total. The first-order valence-electron chi connectivity index (χ1n) is 7.88. The van der Waals surface area contributed by atoms with Crippen LogP contribution >= 0.6 is 0 Å². The number of anilines is 1. The standard InChI is InChI=1S/C17H16N2O6/c1-9-3-4-10(19(23)24)7-11(9)18-14(21)12-13(15(18)22)17(8-20)6-5-16(12,2)25-17/h3-7,12-13,20H,8H2,1-2H3/t12-,13+,16-,17+/m1/s1. The number of carbonyl (C=O) groups excluding carboxylic acids is 2. The third-order valence-electron chi connectivity index (χ3n) is 5.45. The molecule has 0 spiro atoms. The summed E-state index contributed by atoms with van der Waals surface area (Å²) >= 11 is 0. The number of hydrogen-bond donors (Lipinski definition) is 1. The molecule has 2 bridgehead atoms. The number of amides is 2. The summed E-state index contributed by atoms with van der Waals surface area (Å²) in [6.07, 6.45) is 3.35. The van der Waals surface area contributed by atoms with Crippen molar-refractivity contribution in [2.75, 3.05) is 11.5 Å². The van der Waals surface area contributed by atoms with Crippen molar-refractivity contribution in [3.63, 3.8) is 0 Å². The number of nitro benzene ring substituents is 1. The Hall–Kier alpha value is -2.58. The van der Waals surface area contributed by atoms with Crippen molar-refractivity contribution in [2.45, 2.75) is 25.0 Å². The van der Waals surface area contributed by atoms with Crippen LogP contribution in [0.25, 0.3) is 0 Å². The molecule has 3 heterocycles. The number of non-ortho nitro benzene ring substituents is 1. The van der Waals surface area contributed by atoms with Gasteiger partial charge in [-0.15, -0.1) is 0 Å². The fourth-order valence-corrected chi connectivity index (χ4v) is 4.23. The monoisotopic (exact) mass is 344 g/mol. The zero-order chi connectivity index (χ0) is 18.1. The summed E-state index contributed by atoms with van der Waals surface area (Å²) in [6, 6.07) is 4.07. The summed E-state index contributed by atoms with van der Waals surface area (Å²) in [5.41, 5.74) is -1.59. The van der Waals surface area contributed by atoms with Crippen LogP contribution in [-0.4, -0.2) is 39.7 Å². The number of aliphatic hydroxyl groups is 1. The zero-order valence-electron chi connectivity index (χ0n) is 13.6. The maximum absolute atomic E-state index is 13.0. The van der Waals surface area contributed by atoms with E-state index in [1.165, 1.54) is 18.2 Å². The molecule has 2 saturated heterocycles. The maximum atomic E-state index is 13.0. The summed E-state index contributed by atoms with van der Waals surface area (Å²) < 4.78 is 5.84. The van der Waals surface area contributed by atoms with E-state index < -0.39 is 46.4 Å². The van der Waals surface area contributed by atoms with E-state index in [0.717, 1.165) is 4.90 Å². The lowest BCUT2D eigenvalue weighted by atomic mass is 9.73. The maximum Gasteiger partial charge on any atom is 0.271 e. The average Bonchev–Trinajstić information content (AvgIpc) is 3.14. The van der Waals surface area contributed by atoms with Crippen LogP contribution in [0.3, 0.4) is 0 Å². The van der Waals surface area contributed by atoms with E-state index in [-0.39, 0.29) is 11.4 Å². The molecule has 3 aliphatic heterocycles. The molecule has 0 saturated carbocycles. The van der Waals surface area contributed by atoms with Gasteiger partial charge in [0, 0.05) is 12.1 Å². The molecule has 8 heteroatoms. The van der Waals surface area contributed by atoms with E-state index in [1.807, 2.05) is 0 Å². The van der Waals surface area contributed by atoms with Crippen molar-refractivity contribution < 1.29 is 24.4 Å². The first-order chi connectivity index (χ1) is 11.7. The minimum Gasteiger partial charge on any atom is -0.393 e. The van der Waals surface area contributed by atoms with Crippen molar-refractivity contribution in [3.8, 4) is 0 Å². The zero-order valence-corrected chi connectivity index (χ0v) is 13.6. The Bertz CT molecular complexity index is 865. The second-order valence-electron chi connectivity index (χ2n) is 6.93. The normalized spacial score (nSPS) is 35.6. The van der Waals surface area contributed by atoms with Gasteiger partial charge in [0.25, 0.3) is 5.69 Å². The van der Waals surface area contributed by atoms with Crippen LogP contribution in [0.2, 0.25) is 0 Å². The highest BCUT2D eigenvalue weighted by Gasteiger charge is 2.72. The molecule has 25 heavy (non-hydrogen) atoms. The predicted molar refractivity (Wildman–Crippen MR) is 85.8 cm³/mol. The SMILES string of the molecule is Cc1ccc([N+](=O)[O-])cc1N1C(=O)[C@@H]2[C@H](C1=O)[C@@]1(C)C=C[C@@]2(CO)O1. The first kappa shape index (κ1) is 15.9. The minimum absolute atomic E-state index is 0.196. The summed E-state index contributed by atoms with van der Waals surface area (Å²) in [5.74, 6) is -2.55. The van der Waals surface area contributed by atoms with Gasteiger partial charge in [-0.1, -0.05) is 18.2 Å². The van der Waals surface area contributed by atoms with Crippen molar-refractivity contribution in [1.29, 1.82) is 0 Å². The van der Waals surface area contributed by atoms with E-state index in [1.54, 1.807) is 26.0 Å². The van der Waals surface area contributed by atoms with Gasteiger partial charge in [0.05, 0.1) is 34.7 Å². The second-order valence-corrected chi connectivity index (χ2v) is 6.93. The van der Waals surface area contributed by atoms with Gasteiger partial charge in [0.15, 0.2) is 0 Å². The molecular formula is C17H16N2O6. The summed E-state index contributed by atoms with van der Waals surface area (Å²) in [4.78, 5) is 37.6. The van der Waals surface area contributed by atoms with Crippen LogP contribution in [0.15, 0.2) is 30.4 Å². The molecule has 130 valence electrons. The highest BCUT2D eigenvalue weighted by Crippen LogP contribution is 2.57. The first-order valence-corrected chi connectivity index (χ1v) is 7.88. The summed E-state index contributed by atoms with van der Waals surface area (Å²) in [6.45, 7) is 2.97. The average molecular weight is 344 g/mol. The van der Waals surface area contributed by atoms with E-state index >= 15 is 0 Å². The van der Waals surface area contributed by atoms with Gasteiger partial charge in [-0.25, -0.2) is 4.90 Å². The van der Waals surface area contributed by atoms with Crippen LogP contribution in [0.4, 0.5) is 11.4 Å². The van der Waals surface area contributed by atoms with Gasteiger partial charge in [-0.3, -0.25) is 19.7 Å². The summed E-state index contributed by atoms with van der Waals surface area (Å²) in [7, 11) is 0. The fraction of sp³-hybridized carbons (Fsp3) is 0.412. The number of imide groups is 1. The molecule has 1 aromatic rings. The van der Waals surface area contributed by atoms with Gasteiger partial charge in [-0.05, 0) is 19.4 Å². The molecule has 0 aromatic heterocycles. The van der Waals surface area contributed by atoms with Crippen LogP contribution < -0.4 is 4.90 Å². The van der Waals surface area contributed by atoms with Gasteiger partial charge >= 0.3 is 0 Å². The van der Waals surface area contributed by atoms with Crippen molar-refractivity contribution in [3.05, 3.63) is 46.0 Å². The number of benzene rings is 1. The molecular weight excluding hydrogens is 328 g/mol. The van der Waals surface area contributed by atoms with E-state index in [4.69, 9.17) is 4.74 Å². The molecule has 1 aromatic carbocycles. The van der Waals surface area contributed by atoms with Crippen molar-refractivity contribution in [1.82, 2.24) is 0 Å². The summed E-state index contributed by atoms with van der Waals surface area (Å²) in [5, 5.41) is 20.8. The number of aliphatic hydroxyl groups excluding tert-OH is 1. The number of ether oxygens (including phenoxy) is 1. The van der Waals surface area contributed by atoms with Gasteiger partial charge < -0.3 is 9.84 Å². The Morgan fingerprint density at radius 2 is 1.96 bits per heavy atom. The molecule has 4 rings (SSSR count). The molecule has 0 radical (unpaired) electrons. The lowest BCUT2D eigenvalue weighted by Gasteiger charge is -2.27. The topological polar surface area (TPSA) is 110 Å².